The van der Waals surface area contributed by atoms with Gasteiger partial charge in [0, 0.05) is 16.1 Å². The summed E-state index contributed by atoms with van der Waals surface area (Å²) in [6.07, 6.45) is 0.603. The summed E-state index contributed by atoms with van der Waals surface area (Å²) in [6.45, 7) is 0.533. The molecule has 0 fully saturated rings. The number of anilines is 1. The van der Waals surface area contributed by atoms with Gasteiger partial charge in [-0.25, -0.2) is 0 Å². The molecule has 1 heterocycles. The van der Waals surface area contributed by atoms with E-state index in [0.29, 0.717) is 24.2 Å². The molecule has 1 aromatic carbocycles. The molecule has 0 saturated carbocycles. The van der Waals surface area contributed by atoms with Crippen molar-refractivity contribution in [1.82, 2.24) is 5.32 Å². The molecule has 2 rings (SSSR count). The molecule has 2 amide bonds. The van der Waals surface area contributed by atoms with Crippen molar-refractivity contribution in [2.75, 3.05) is 5.32 Å². The Labute approximate surface area is 109 Å². The van der Waals surface area contributed by atoms with Crippen molar-refractivity contribution >= 4 is 29.3 Å². The SMILES string of the molecule is O=CNc1ccc(C(=O)NCc2cccs2)cc1. The van der Waals surface area contributed by atoms with Crippen LogP contribution in [-0.2, 0) is 11.3 Å². The maximum atomic E-state index is 11.8. The van der Waals surface area contributed by atoms with Gasteiger partial charge in [0.25, 0.3) is 5.91 Å². The van der Waals surface area contributed by atoms with Crippen LogP contribution in [0.1, 0.15) is 15.2 Å². The smallest absolute Gasteiger partial charge is 0.251 e. The number of rotatable bonds is 5. The first-order chi connectivity index (χ1) is 8.79. The summed E-state index contributed by atoms with van der Waals surface area (Å²) in [6, 6.07) is 10.7. The van der Waals surface area contributed by atoms with Gasteiger partial charge in [0.05, 0.1) is 6.54 Å². The Hall–Kier alpha value is -2.14. The Balaban J connectivity index is 1.94. The maximum absolute atomic E-state index is 11.8. The number of carbonyl (C=O) groups is 2. The van der Waals surface area contributed by atoms with E-state index in [4.69, 9.17) is 0 Å². The van der Waals surface area contributed by atoms with Crippen LogP contribution in [0, 0.1) is 0 Å². The molecule has 0 aliphatic heterocycles. The lowest BCUT2D eigenvalue weighted by Gasteiger charge is -2.04. The molecule has 0 aliphatic carbocycles. The molecular weight excluding hydrogens is 248 g/mol. The number of hydrogen-bond donors (Lipinski definition) is 2. The maximum Gasteiger partial charge on any atom is 0.251 e. The van der Waals surface area contributed by atoms with E-state index >= 15 is 0 Å². The van der Waals surface area contributed by atoms with Gasteiger partial charge in [-0.05, 0) is 35.7 Å². The van der Waals surface area contributed by atoms with Crippen molar-refractivity contribution in [2.45, 2.75) is 6.54 Å². The van der Waals surface area contributed by atoms with Crippen molar-refractivity contribution in [3.8, 4) is 0 Å². The van der Waals surface area contributed by atoms with Gasteiger partial charge in [-0.3, -0.25) is 9.59 Å². The van der Waals surface area contributed by atoms with E-state index < -0.39 is 0 Å². The van der Waals surface area contributed by atoms with Gasteiger partial charge in [0.2, 0.25) is 6.41 Å². The quantitative estimate of drug-likeness (QED) is 0.810. The molecule has 0 spiro atoms. The highest BCUT2D eigenvalue weighted by atomic mass is 32.1. The first kappa shape index (κ1) is 12.3. The van der Waals surface area contributed by atoms with Crippen molar-refractivity contribution < 1.29 is 9.59 Å². The van der Waals surface area contributed by atoms with Crippen molar-refractivity contribution in [3.05, 3.63) is 52.2 Å². The van der Waals surface area contributed by atoms with E-state index in [1.54, 1.807) is 35.6 Å². The van der Waals surface area contributed by atoms with Crippen LogP contribution >= 0.6 is 11.3 Å². The average Bonchev–Trinajstić information content (AvgIpc) is 2.90. The normalized spacial score (nSPS) is 9.78. The Morgan fingerprint density at radius 2 is 2.00 bits per heavy atom. The van der Waals surface area contributed by atoms with Gasteiger partial charge in [0.15, 0.2) is 0 Å². The summed E-state index contributed by atoms with van der Waals surface area (Å²) >= 11 is 1.61. The Bertz CT molecular complexity index is 520. The molecule has 0 bridgehead atoms. The van der Waals surface area contributed by atoms with Gasteiger partial charge < -0.3 is 10.6 Å². The number of nitrogens with one attached hydrogen (secondary N) is 2. The average molecular weight is 260 g/mol. The second-order valence-electron chi connectivity index (χ2n) is 3.60. The molecule has 0 unspecified atom stereocenters. The summed E-state index contributed by atoms with van der Waals surface area (Å²) in [7, 11) is 0. The molecule has 0 radical (unpaired) electrons. The third kappa shape index (κ3) is 3.18. The lowest BCUT2D eigenvalue weighted by molar-refractivity contribution is -0.105. The van der Waals surface area contributed by atoms with Crippen molar-refractivity contribution in [2.24, 2.45) is 0 Å². The zero-order valence-electron chi connectivity index (χ0n) is 9.55. The van der Waals surface area contributed by atoms with E-state index in [0.717, 1.165) is 4.88 Å². The van der Waals surface area contributed by atoms with E-state index in [-0.39, 0.29) is 5.91 Å². The van der Waals surface area contributed by atoms with Crippen LogP contribution in [-0.4, -0.2) is 12.3 Å². The highest BCUT2D eigenvalue weighted by Crippen LogP contribution is 2.10. The summed E-state index contributed by atoms with van der Waals surface area (Å²) in [5.74, 6) is -0.124. The number of carbonyl (C=O) groups excluding carboxylic acids is 2. The lowest BCUT2D eigenvalue weighted by atomic mass is 10.2. The van der Waals surface area contributed by atoms with Crippen LogP contribution in [0.5, 0.6) is 0 Å². The lowest BCUT2D eigenvalue weighted by Crippen LogP contribution is -2.22. The first-order valence-corrected chi connectivity index (χ1v) is 6.28. The van der Waals surface area contributed by atoms with Crippen LogP contribution in [0.25, 0.3) is 0 Å². The molecule has 18 heavy (non-hydrogen) atoms. The standard InChI is InChI=1S/C13H12N2O2S/c16-9-15-11-5-3-10(4-6-11)13(17)14-8-12-2-1-7-18-12/h1-7,9H,8H2,(H,14,17)(H,15,16). The zero-order valence-corrected chi connectivity index (χ0v) is 10.4. The van der Waals surface area contributed by atoms with Gasteiger partial charge in [-0.1, -0.05) is 6.07 Å². The van der Waals surface area contributed by atoms with Crippen molar-refractivity contribution in [1.29, 1.82) is 0 Å². The largest absolute Gasteiger partial charge is 0.347 e. The summed E-state index contributed by atoms with van der Waals surface area (Å²) in [4.78, 5) is 23.2. The summed E-state index contributed by atoms with van der Waals surface area (Å²) in [5, 5.41) is 7.33. The van der Waals surface area contributed by atoms with E-state index in [1.807, 2.05) is 17.5 Å². The van der Waals surface area contributed by atoms with E-state index in [9.17, 15) is 9.59 Å². The van der Waals surface area contributed by atoms with Crippen molar-refractivity contribution in [3.63, 3.8) is 0 Å². The number of amides is 2. The van der Waals surface area contributed by atoms with Gasteiger partial charge >= 0.3 is 0 Å². The molecule has 0 saturated heterocycles. The van der Waals surface area contributed by atoms with Crippen LogP contribution in [0.2, 0.25) is 0 Å². The molecule has 1 aromatic heterocycles. The molecule has 4 nitrogen and oxygen atoms in total. The molecular formula is C13H12N2O2S. The second kappa shape index (κ2) is 5.97. The molecule has 2 aromatic rings. The minimum atomic E-state index is -0.124. The van der Waals surface area contributed by atoms with Crippen LogP contribution in [0.4, 0.5) is 5.69 Å². The van der Waals surface area contributed by atoms with Gasteiger partial charge in [-0.2, -0.15) is 0 Å². The highest BCUT2D eigenvalue weighted by Gasteiger charge is 2.05. The zero-order chi connectivity index (χ0) is 12.8. The third-order valence-corrected chi connectivity index (χ3v) is 3.25. The number of benzene rings is 1. The minimum Gasteiger partial charge on any atom is -0.347 e. The number of hydrogen-bond acceptors (Lipinski definition) is 3. The highest BCUT2D eigenvalue weighted by molar-refractivity contribution is 7.09. The van der Waals surface area contributed by atoms with Crippen LogP contribution in [0.15, 0.2) is 41.8 Å². The Morgan fingerprint density at radius 3 is 2.61 bits per heavy atom. The molecule has 2 N–H and O–H groups in total. The fraction of sp³-hybridized carbons (Fsp3) is 0.0769. The van der Waals surface area contributed by atoms with E-state index in [2.05, 4.69) is 10.6 Å². The van der Waals surface area contributed by atoms with Gasteiger partial charge in [0.1, 0.15) is 0 Å². The summed E-state index contributed by atoms with van der Waals surface area (Å²) in [5.41, 5.74) is 1.24. The third-order valence-electron chi connectivity index (χ3n) is 2.38. The fourth-order valence-electron chi connectivity index (χ4n) is 1.47. The summed E-state index contributed by atoms with van der Waals surface area (Å²) < 4.78 is 0. The predicted molar refractivity (Wildman–Crippen MR) is 71.6 cm³/mol. The predicted octanol–water partition coefficient (Wildman–Crippen LogP) is 2.25. The monoisotopic (exact) mass is 260 g/mol. The topological polar surface area (TPSA) is 58.2 Å². The Kier molecular flexibility index (Phi) is 4.09. The molecule has 5 heteroatoms. The first-order valence-electron chi connectivity index (χ1n) is 5.40. The van der Waals surface area contributed by atoms with Crippen LogP contribution in [0.3, 0.4) is 0 Å². The molecule has 92 valence electrons. The second-order valence-corrected chi connectivity index (χ2v) is 4.63. The molecule has 0 aliphatic rings. The Morgan fingerprint density at radius 1 is 1.22 bits per heavy atom. The minimum absolute atomic E-state index is 0.124. The molecule has 0 atom stereocenters. The van der Waals surface area contributed by atoms with Gasteiger partial charge in [-0.15, -0.1) is 11.3 Å². The van der Waals surface area contributed by atoms with Crippen LogP contribution < -0.4 is 10.6 Å². The number of thiophene rings is 1. The van der Waals surface area contributed by atoms with E-state index in [1.165, 1.54) is 0 Å². The fourth-order valence-corrected chi connectivity index (χ4v) is 2.11.